The monoisotopic (exact) mass is 327 g/mol. The quantitative estimate of drug-likeness (QED) is 0.731. The fraction of sp³-hybridized carbons (Fsp3) is 0.222. The predicted molar refractivity (Wildman–Crippen MR) is 91.2 cm³/mol. The molecule has 0 bridgehead atoms. The maximum absolute atomic E-state index is 6.04. The molecule has 3 aromatic rings. The van der Waals surface area contributed by atoms with Crippen molar-refractivity contribution in [2.45, 2.75) is 25.9 Å². The fourth-order valence-corrected chi connectivity index (χ4v) is 2.62. The van der Waals surface area contributed by atoms with Crippen molar-refractivity contribution in [2.75, 3.05) is 0 Å². The van der Waals surface area contributed by atoms with Crippen LogP contribution in [0.15, 0.2) is 59.0 Å². The first-order chi connectivity index (χ1) is 11.1. The van der Waals surface area contributed by atoms with Gasteiger partial charge in [0.25, 0.3) is 0 Å². The Morgan fingerprint density at radius 1 is 0.957 bits per heavy atom. The molecular formula is C18H18ClN3O. The minimum absolute atomic E-state index is 0.0612. The number of benzene rings is 2. The minimum atomic E-state index is -0.0612. The van der Waals surface area contributed by atoms with Gasteiger partial charge >= 0.3 is 0 Å². The first-order valence-electron chi connectivity index (χ1n) is 7.54. The number of nitrogens with one attached hydrogen (secondary N) is 1. The summed E-state index contributed by atoms with van der Waals surface area (Å²) in [5.41, 5.74) is 2.04. The molecule has 0 amide bonds. The summed E-state index contributed by atoms with van der Waals surface area (Å²) in [5, 5.41) is 12.5. The van der Waals surface area contributed by atoms with Crippen LogP contribution in [0, 0.1) is 0 Å². The molecular weight excluding hydrogens is 310 g/mol. The van der Waals surface area contributed by atoms with Crippen LogP contribution in [0.5, 0.6) is 0 Å². The third-order valence-electron chi connectivity index (χ3n) is 3.68. The highest BCUT2D eigenvalue weighted by Gasteiger charge is 2.17. The van der Waals surface area contributed by atoms with Gasteiger partial charge in [0.2, 0.25) is 11.8 Å². The molecule has 0 aliphatic carbocycles. The van der Waals surface area contributed by atoms with Crippen LogP contribution in [0.25, 0.3) is 11.5 Å². The molecule has 0 saturated carbocycles. The van der Waals surface area contributed by atoms with Crippen molar-refractivity contribution in [1.29, 1.82) is 0 Å². The van der Waals surface area contributed by atoms with Crippen molar-refractivity contribution in [1.82, 2.24) is 15.5 Å². The SMILES string of the molecule is C[C@@H](N[C@H](C)c1nnc(-c2ccccc2)o1)c1cccc(Cl)c1. The van der Waals surface area contributed by atoms with Crippen LogP contribution >= 0.6 is 11.6 Å². The molecule has 2 atom stereocenters. The van der Waals surface area contributed by atoms with Crippen LogP contribution in [0.2, 0.25) is 5.02 Å². The van der Waals surface area contributed by atoms with Gasteiger partial charge in [-0.15, -0.1) is 10.2 Å². The lowest BCUT2D eigenvalue weighted by molar-refractivity contribution is 0.395. The van der Waals surface area contributed by atoms with Crippen LogP contribution in [-0.4, -0.2) is 10.2 Å². The number of aromatic nitrogens is 2. The zero-order valence-corrected chi connectivity index (χ0v) is 13.8. The topological polar surface area (TPSA) is 51.0 Å². The summed E-state index contributed by atoms with van der Waals surface area (Å²) in [4.78, 5) is 0. The highest BCUT2D eigenvalue weighted by molar-refractivity contribution is 6.30. The van der Waals surface area contributed by atoms with Crippen LogP contribution in [0.1, 0.15) is 37.4 Å². The Balaban J connectivity index is 1.71. The van der Waals surface area contributed by atoms with E-state index in [0.717, 1.165) is 16.1 Å². The number of hydrogen-bond donors (Lipinski definition) is 1. The van der Waals surface area contributed by atoms with Crippen molar-refractivity contribution in [3.63, 3.8) is 0 Å². The van der Waals surface area contributed by atoms with Crippen molar-refractivity contribution in [2.24, 2.45) is 0 Å². The standard InChI is InChI=1S/C18H18ClN3O/c1-12(15-9-6-10-16(19)11-15)20-13(2)17-21-22-18(23-17)14-7-4-3-5-8-14/h3-13,20H,1-2H3/t12-,13-/m1/s1. The largest absolute Gasteiger partial charge is 0.419 e. The van der Waals surface area contributed by atoms with Gasteiger partial charge in [-0.2, -0.15) is 0 Å². The number of halogens is 1. The summed E-state index contributed by atoms with van der Waals surface area (Å²) in [6.45, 7) is 4.08. The van der Waals surface area contributed by atoms with Gasteiger partial charge in [0.15, 0.2) is 0 Å². The molecule has 0 aliphatic heterocycles. The summed E-state index contributed by atoms with van der Waals surface area (Å²) in [6, 6.07) is 17.6. The predicted octanol–water partition coefficient (Wildman–Crippen LogP) is 4.80. The van der Waals surface area contributed by atoms with Crippen LogP contribution in [0.3, 0.4) is 0 Å². The first kappa shape index (κ1) is 15.7. The van der Waals surface area contributed by atoms with Gasteiger partial charge in [0.05, 0.1) is 6.04 Å². The van der Waals surface area contributed by atoms with E-state index in [1.807, 2.05) is 61.5 Å². The number of nitrogens with zero attached hydrogens (tertiary/aromatic N) is 2. The van der Waals surface area contributed by atoms with Gasteiger partial charge in [-0.3, -0.25) is 5.32 Å². The van der Waals surface area contributed by atoms with E-state index in [2.05, 4.69) is 22.4 Å². The molecule has 5 heteroatoms. The second kappa shape index (κ2) is 6.94. The average molecular weight is 328 g/mol. The third-order valence-corrected chi connectivity index (χ3v) is 3.92. The molecule has 0 unspecified atom stereocenters. The summed E-state index contributed by atoms with van der Waals surface area (Å²) in [7, 11) is 0. The molecule has 2 aromatic carbocycles. The Kier molecular flexibility index (Phi) is 4.74. The highest BCUT2D eigenvalue weighted by atomic mass is 35.5. The van der Waals surface area contributed by atoms with Gasteiger partial charge in [0.1, 0.15) is 0 Å². The first-order valence-corrected chi connectivity index (χ1v) is 7.91. The number of rotatable bonds is 5. The number of hydrogen-bond acceptors (Lipinski definition) is 4. The van der Waals surface area contributed by atoms with Crippen molar-refractivity contribution in [3.8, 4) is 11.5 Å². The van der Waals surface area contributed by atoms with Crippen molar-refractivity contribution >= 4 is 11.6 Å². The van der Waals surface area contributed by atoms with Crippen molar-refractivity contribution in [3.05, 3.63) is 71.1 Å². The molecule has 1 aromatic heterocycles. The van der Waals surface area contributed by atoms with E-state index in [1.54, 1.807) is 0 Å². The summed E-state index contributed by atoms with van der Waals surface area (Å²) in [6.07, 6.45) is 0. The van der Waals surface area contributed by atoms with Crippen LogP contribution in [-0.2, 0) is 0 Å². The van der Waals surface area contributed by atoms with Gasteiger partial charge in [-0.05, 0) is 43.7 Å². The molecule has 0 fully saturated rings. The molecule has 23 heavy (non-hydrogen) atoms. The Morgan fingerprint density at radius 2 is 1.74 bits per heavy atom. The van der Waals surface area contributed by atoms with Gasteiger partial charge in [0, 0.05) is 16.6 Å². The Hall–Kier alpha value is -2.17. The normalized spacial score (nSPS) is 13.7. The van der Waals surface area contributed by atoms with E-state index in [9.17, 15) is 0 Å². The van der Waals surface area contributed by atoms with Gasteiger partial charge in [-0.1, -0.05) is 41.9 Å². The maximum Gasteiger partial charge on any atom is 0.247 e. The third kappa shape index (κ3) is 3.78. The molecule has 0 spiro atoms. The zero-order valence-electron chi connectivity index (χ0n) is 13.0. The highest BCUT2D eigenvalue weighted by Crippen LogP contribution is 2.23. The lowest BCUT2D eigenvalue weighted by atomic mass is 10.1. The second-order valence-corrected chi connectivity index (χ2v) is 5.91. The zero-order chi connectivity index (χ0) is 16.2. The Morgan fingerprint density at radius 3 is 2.48 bits per heavy atom. The lowest BCUT2D eigenvalue weighted by Gasteiger charge is -2.18. The molecule has 4 nitrogen and oxygen atoms in total. The van der Waals surface area contributed by atoms with E-state index in [1.165, 1.54) is 0 Å². The summed E-state index contributed by atoms with van der Waals surface area (Å²) >= 11 is 6.04. The molecule has 1 N–H and O–H groups in total. The molecule has 0 radical (unpaired) electrons. The molecule has 0 saturated heterocycles. The van der Waals surface area contributed by atoms with E-state index < -0.39 is 0 Å². The fourth-order valence-electron chi connectivity index (χ4n) is 2.43. The van der Waals surface area contributed by atoms with Gasteiger partial charge in [-0.25, -0.2) is 0 Å². The molecule has 3 rings (SSSR count). The Labute approximate surface area is 140 Å². The molecule has 0 aliphatic rings. The van der Waals surface area contributed by atoms with Crippen LogP contribution < -0.4 is 5.32 Å². The maximum atomic E-state index is 6.04. The summed E-state index contributed by atoms with van der Waals surface area (Å²) in [5.74, 6) is 1.10. The van der Waals surface area contributed by atoms with E-state index in [4.69, 9.17) is 16.0 Å². The van der Waals surface area contributed by atoms with E-state index in [0.29, 0.717) is 11.8 Å². The Bertz CT molecular complexity index is 773. The lowest BCUT2D eigenvalue weighted by Crippen LogP contribution is -2.22. The average Bonchev–Trinajstić information content (AvgIpc) is 3.06. The second-order valence-electron chi connectivity index (χ2n) is 5.48. The van der Waals surface area contributed by atoms with Gasteiger partial charge < -0.3 is 4.42 Å². The summed E-state index contributed by atoms with van der Waals surface area (Å²) < 4.78 is 5.78. The molecule has 1 heterocycles. The van der Waals surface area contributed by atoms with Crippen molar-refractivity contribution < 1.29 is 4.42 Å². The van der Waals surface area contributed by atoms with E-state index >= 15 is 0 Å². The smallest absolute Gasteiger partial charge is 0.247 e. The van der Waals surface area contributed by atoms with E-state index in [-0.39, 0.29) is 12.1 Å². The van der Waals surface area contributed by atoms with Crippen LogP contribution in [0.4, 0.5) is 0 Å². The molecule has 118 valence electrons. The minimum Gasteiger partial charge on any atom is -0.419 e.